The monoisotopic (exact) mass is 269 g/mol. The van der Waals surface area contributed by atoms with Crippen LogP contribution in [0.3, 0.4) is 0 Å². The molecule has 0 fully saturated rings. The molecule has 1 atom stereocenters. The molecular formula is C13H23N3OS. The van der Waals surface area contributed by atoms with Gasteiger partial charge in [-0.15, -0.1) is 11.3 Å². The van der Waals surface area contributed by atoms with Crippen LogP contribution in [0.2, 0.25) is 0 Å². The summed E-state index contributed by atoms with van der Waals surface area (Å²) in [5.74, 6) is 0.672. The molecule has 1 rings (SSSR count). The van der Waals surface area contributed by atoms with Crippen LogP contribution in [0.1, 0.15) is 43.9 Å². The van der Waals surface area contributed by atoms with Gasteiger partial charge in [0.15, 0.2) is 0 Å². The first-order valence-corrected chi connectivity index (χ1v) is 7.29. The van der Waals surface area contributed by atoms with E-state index in [1.165, 1.54) is 0 Å². The Kier molecular flexibility index (Phi) is 6.29. The van der Waals surface area contributed by atoms with Gasteiger partial charge in [-0.25, -0.2) is 4.98 Å². The number of carbonyl (C=O) groups is 1. The lowest BCUT2D eigenvalue weighted by Gasteiger charge is -2.11. The summed E-state index contributed by atoms with van der Waals surface area (Å²) < 4.78 is 0. The van der Waals surface area contributed by atoms with Crippen LogP contribution in [0.25, 0.3) is 0 Å². The first-order valence-electron chi connectivity index (χ1n) is 6.41. The van der Waals surface area contributed by atoms with E-state index in [1.807, 2.05) is 19.2 Å². The molecule has 102 valence electrons. The third kappa shape index (κ3) is 5.60. The van der Waals surface area contributed by atoms with E-state index >= 15 is 0 Å². The maximum Gasteiger partial charge on any atom is 0.233 e. The van der Waals surface area contributed by atoms with Crippen LogP contribution in [-0.2, 0) is 4.79 Å². The lowest BCUT2D eigenvalue weighted by atomic mass is 10.1. The molecule has 1 amide bonds. The van der Waals surface area contributed by atoms with Crippen molar-refractivity contribution in [2.45, 2.75) is 40.2 Å². The van der Waals surface area contributed by atoms with Crippen LogP contribution >= 0.6 is 11.3 Å². The van der Waals surface area contributed by atoms with Gasteiger partial charge < -0.3 is 5.32 Å². The van der Waals surface area contributed by atoms with Gasteiger partial charge in [0.1, 0.15) is 5.01 Å². The zero-order valence-electron chi connectivity index (χ0n) is 11.6. The van der Waals surface area contributed by atoms with Crippen molar-refractivity contribution in [3.8, 4) is 0 Å². The fourth-order valence-corrected chi connectivity index (χ4v) is 2.30. The molecular weight excluding hydrogens is 246 g/mol. The highest BCUT2D eigenvalue weighted by Crippen LogP contribution is 2.16. The molecule has 0 aliphatic heterocycles. The highest BCUT2D eigenvalue weighted by atomic mass is 32.1. The Hall–Kier alpha value is -0.940. The summed E-state index contributed by atoms with van der Waals surface area (Å²) in [6.45, 7) is 9.40. The summed E-state index contributed by atoms with van der Waals surface area (Å²) in [6.07, 6.45) is 1.02. The van der Waals surface area contributed by atoms with Crippen LogP contribution in [0.5, 0.6) is 0 Å². The number of nitrogens with one attached hydrogen (secondary N) is 2. The number of aromatic nitrogens is 1. The van der Waals surface area contributed by atoms with E-state index in [1.54, 1.807) is 11.3 Å². The Morgan fingerprint density at radius 2 is 2.17 bits per heavy atom. The molecule has 2 N–H and O–H groups in total. The first kappa shape index (κ1) is 15.1. The smallest absolute Gasteiger partial charge is 0.233 e. The maximum absolute atomic E-state index is 11.6. The fourth-order valence-electron chi connectivity index (χ4n) is 1.47. The average Bonchev–Trinajstić information content (AvgIpc) is 2.72. The van der Waals surface area contributed by atoms with Crippen LogP contribution in [0, 0.1) is 12.8 Å². The Balaban J connectivity index is 2.22. The summed E-state index contributed by atoms with van der Waals surface area (Å²) >= 11 is 1.63. The van der Waals surface area contributed by atoms with Crippen molar-refractivity contribution in [2.24, 2.45) is 5.92 Å². The summed E-state index contributed by atoms with van der Waals surface area (Å²) in [4.78, 5) is 16.0. The molecule has 0 aliphatic rings. The van der Waals surface area contributed by atoms with Crippen molar-refractivity contribution in [2.75, 3.05) is 13.1 Å². The van der Waals surface area contributed by atoms with Gasteiger partial charge >= 0.3 is 0 Å². The third-order valence-corrected chi connectivity index (χ3v) is 3.77. The average molecular weight is 269 g/mol. The third-order valence-electron chi connectivity index (χ3n) is 2.62. The van der Waals surface area contributed by atoms with E-state index in [2.05, 4.69) is 29.5 Å². The zero-order valence-corrected chi connectivity index (χ0v) is 12.4. The fraction of sp³-hybridized carbons (Fsp3) is 0.692. The van der Waals surface area contributed by atoms with Crippen molar-refractivity contribution < 1.29 is 4.79 Å². The van der Waals surface area contributed by atoms with Crippen molar-refractivity contribution in [1.29, 1.82) is 0 Å². The number of hydrogen-bond acceptors (Lipinski definition) is 4. The predicted octanol–water partition coefficient (Wildman–Crippen LogP) is 2.26. The largest absolute Gasteiger partial charge is 0.355 e. The minimum Gasteiger partial charge on any atom is -0.355 e. The molecule has 4 nitrogen and oxygen atoms in total. The molecule has 1 heterocycles. The molecule has 1 aromatic heterocycles. The summed E-state index contributed by atoms with van der Waals surface area (Å²) in [5.41, 5.74) is 1.03. The zero-order chi connectivity index (χ0) is 13.5. The van der Waals surface area contributed by atoms with E-state index in [0.717, 1.165) is 23.7 Å². The second-order valence-electron chi connectivity index (χ2n) is 4.96. The van der Waals surface area contributed by atoms with Crippen molar-refractivity contribution in [1.82, 2.24) is 15.6 Å². The summed E-state index contributed by atoms with van der Waals surface area (Å²) in [5, 5.41) is 9.15. The minimum absolute atomic E-state index is 0.0516. The van der Waals surface area contributed by atoms with Crippen molar-refractivity contribution in [3.63, 3.8) is 0 Å². The topological polar surface area (TPSA) is 54.0 Å². The highest BCUT2D eigenvalue weighted by Gasteiger charge is 2.10. The highest BCUT2D eigenvalue weighted by molar-refractivity contribution is 7.09. The van der Waals surface area contributed by atoms with Gasteiger partial charge in [0, 0.05) is 17.6 Å². The van der Waals surface area contributed by atoms with E-state index < -0.39 is 0 Å². The summed E-state index contributed by atoms with van der Waals surface area (Å²) in [6, 6.07) is 0.125. The molecule has 1 unspecified atom stereocenters. The Morgan fingerprint density at radius 1 is 1.44 bits per heavy atom. The van der Waals surface area contributed by atoms with Gasteiger partial charge in [0.05, 0.1) is 12.6 Å². The van der Waals surface area contributed by atoms with Crippen molar-refractivity contribution in [3.05, 3.63) is 16.1 Å². The molecule has 0 saturated carbocycles. The Labute approximate surface area is 113 Å². The molecule has 0 saturated heterocycles. The number of carbonyl (C=O) groups excluding carboxylic acids is 1. The second kappa shape index (κ2) is 7.48. The number of amides is 1. The predicted molar refractivity (Wildman–Crippen MR) is 75.7 cm³/mol. The quantitative estimate of drug-likeness (QED) is 0.798. The molecule has 0 aromatic carbocycles. The minimum atomic E-state index is 0.0516. The number of nitrogens with zero attached hydrogens (tertiary/aromatic N) is 1. The van der Waals surface area contributed by atoms with Gasteiger partial charge in [-0.05, 0) is 26.2 Å². The number of aryl methyl sites for hydroxylation is 1. The number of thiazole rings is 1. The van der Waals surface area contributed by atoms with Crippen LogP contribution < -0.4 is 10.6 Å². The van der Waals surface area contributed by atoms with E-state index in [9.17, 15) is 4.79 Å². The van der Waals surface area contributed by atoms with Gasteiger partial charge in [-0.3, -0.25) is 10.1 Å². The van der Waals surface area contributed by atoms with Crippen LogP contribution in [0.4, 0.5) is 0 Å². The van der Waals surface area contributed by atoms with Gasteiger partial charge in [-0.1, -0.05) is 13.8 Å². The number of rotatable bonds is 7. The second-order valence-corrected chi connectivity index (χ2v) is 5.85. The Bertz CT molecular complexity index is 376. The van der Waals surface area contributed by atoms with Gasteiger partial charge in [0.25, 0.3) is 0 Å². The molecule has 5 heteroatoms. The Morgan fingerprint density at radius 3 is 2.72 bits per heavy atom. The first-order chi connectivity index (χ1) is 8.49. The molecule has 1 aromatic rings. The van der Waals surface area contributed by atoms with Gasteiger partial charge in [-0.2, -0.15) is 0 Å². The van der Waals surface area contributed by atoms with Gasteiger partial charge in [0.2, 0.25) is 5.91 Å². The number of hydrogen-bond donors (Lipinski definition) is 2. The SMILES string of the molecule is Cc1csc(C(C)NCC(=O)NCCC(C)C)n1. The van der Waals surface area contributed by atoms with E-state index in [-0.39, 0.29) is 11.9 Å². The normalized spacial score (nSPS) is 12.7. The molecule has 0 radical (unpaired) electrons. The maximum atomic E-state index is 11.6. The molecule has 18 heavy (non-hydrogen) atoms. The lowest BCUT2D eigenvalue weighted by molar-refractivity contribution is -0.120. The molecule has 0 bridgehead atoms. The van der Waals surface area contributed by atoms with E-state index in [4.69, 9.17) is 0 Å². The summed E-state index contributed by atoms with van der Waals surface area (Å²) in [7, 11) is 0. The van der Waals surface area contributed by atoms with E-state index in [0.29, 0.717) is 12.5 Å². The standard InChI is InChI=1S/C13H23N3OS/c1-9(2)5-6-14-12(17)7-15-11(4)13-16-10(3)8-18-13/h8-9,11,15H,5-7H2,1-4H3,(H,14,17). The molecule has 0 spiro atoms. The van der Waals surface area contributed by atoms with Crippen LogP contribution in [-0.4, -0.2) is 24.0 Å². The van der Waals surface area contributed by atoms with Crippen molar-refractivity contribution >= 4 is 17.2 Å². The van der Waals surface area contributed by atoms with Crippen LogP contribution in [0.15, 0.2) is 5.38 Å². The lowest BCUT2D eigenvalue weighted by Crippen LogP contribution is -2.35. The molecule has 0 aliphatic carbocycles.